The van der Waals surface area contributed by atoms with Gasteiger partial charge in [-0.05, 0) is 50.5 Å². The van der Waals surface area contributed by atoms with Crippen molar-refractivity contribution < 1.29 is 9.59 Å². The third kappa shape index (κ3) is 3.44. The van der Waals surface area contributed by atoms with Gasteiger partial charge in [0.1, 0.15) is 5.78 Å². The van der Waals surface area contributed by atoms with E-state index in [1.807, 2.05) is 30.0 Å². The maximum absolute atomic E-state index is 12.5. The van der Waals surface area contributed by atoms with E-state index in [0.29, 0.717) is 12.0 Å². The zero-order valence-corrected chi connectivity index (χ0v) is 12.9. The van der Waals surface area contributed by atoms with Crippen LogP contribution in [0, 0.1) is 6.92 Å². The van der Waals surface area contributed by atoms with Gasteiger partial charge in [-0.1, -0.05) is 15.9 Å². The molecule has 0 bridgehead atoms. The van der Waals surface area contributed by atoms with Gasteiger partial charge >= 0.3 is 0 Å². The van der Waals surface area contributed by atoms with Gasteiger partial charge in [0.05, 0.1) is 0 Å². The average molecular weight is 324 g/mol. The molecule has 0 radical (unpaired) electrons. The van der Waals surface area contributed by atoms with Crippen LogP contribution in [0.15, 0.2) is 22.7 Å². The molecule has 0 spiro atoms. The summed E-state index contributed by atoms with van der Waals surface area (Å²) in [5.74, 6) is 0.184. The monoisotopic (exact) mass is 323 g/mol. The van der Waals surface area contributed by atoms with Gasteiger partial charge in [-0.2, -0.15) is 0 Å². The van der Waals surface area contributed by atoms with Gasteiger partial charge in [0.2, 0.25) is 0 Å². The first kappa shape index (κ1) is 14.3. The van der Waals surface area contributed by atoms with E-state index in [9.17, 15) is 9.59 Å². The topological polar surface area (TPSA) is 37.4 Å². The fourth-order valence-electron chi connectivity index (χ4n) is 2.67. The van der Waals surface area contributed by atoms with E-state index in [1.54, 1.807) is 6.92 Å². The number of benzene rings is 1. The lowest BCUT2D eigenvalue weighted by molar-refractivity contribution is -0.117. The normalized spacial score (nSPS) is 18.7. The highest BCUT2D eigenvalue weighted by molar-refractivity contribution is 9.10. The third-order valence-corrected chi connectivity index (χ3v) is 3.91. The molecule has 1 saturated heterocycles. The Hall–Kier alpha value is -1.16. The first-order valence-corrected chi connectivity index (χ1v) is 7.34. The molecule has 3 nitrogen and oxygen atoms in total. The van der Waals surface area contributed by atoms with Crippen LogP contribution in [0.2, 0.25) is 0 Å². The number of rotatable bonds is 3. The predicted molar refractivity (Wildman–Crippen MR) is 78.2 cm³/mol. The molecular formula is C15H18BrNO2. The van der Waals surface area contributed by atoms with Crippen LogP contribution in [0.25, 0.3) is 0 Å². The molecule has 2 rings (SSSR count). The van der Waals surface area contributed by atoms with Crippen LogP contribution in [0.5, 0.6) is 0 Å². The van der Waals surface area contributed by atoms with Gasteiger partial charge in [0, 0.05) is 29.0 Å². The van der Waals surface area contributed by atoms with E-state index in [2.05, 4.69) is 15.9 Å². The molecule has 1 amide bonds. The number of nitrogens with zero attached hydrogens (tertiary/aromatic N) is 1. The lowest BCUT2D eigenvalue weighted by Crippen LogP contribution is -2.36. The Bertz CT molecular complexity index is 493. The van der Waals surface area contributed by atoms with Crippen molar-refractivity contribution in [1.29, 1.82) is 0 Å². The molecular weight excluding hydrogens is 306 g/mol. The minimum Gasteiger partial charge on any atom is -0.335 e. The molecule has 4 heteroatoms. The summed E-state index contributed by atoms with van der Waals surface area (Å²) in [5, 5.41) is 0. The van der Waals surface area contributed by atoms with Crippen LogP contribution < -0.4 is 0 Å². The second-order valence-electron chi connectivity index (χ2n) is 5.22. The summed E-state index contributed by atoms with van der Waals surface area (Å²) in [4.78, 5) is 25.7. The van der Waals surface area contributed by atoms with E-state index in [-0.39, 0.29) is 17.7 Å². The van der Waals surface area contributed by atoms with Crippen molar-refractivity contribution in [2.24, 2.45) is 0 Å². The molecule has 1 fully saturated rings. The Labute approximate surface area is 122 Å². The number of Topliss-reactive ketones (excluding diaryl/α,β-unsaturated/α-hetero) is 1. The molecule has 0 saturated carbocycles. The molecule has 0 N–H and O–H groups in total. The van der Waals surface area contributed by atoms with E-state index in [4.69, 9.17) is 0 Å². The molecule has 1 unspecified atom stereocenters. The molecule has 102 valence electrons. The second kappa shape index (κ2) is 5.87. The van der Waals surface area contributed by atoms with E-state index in [1.165, 1.54) is 0 Å². The Kier molecular flexibility index (Phi) is 4.40. The summed E-state index contributed by atoms with van der Waals surface area (Å²) in [5.41, 5.74) is 1.75. The third-order valence-electron chi connectivity index (χ3n) is 3.45. The molecule has 1 aliphatic heterocycles. The maximum atomic E-state index is 12.5. The van der Waals surface area contributed by atoms with Crippen LogP contribution in [-0.4, -0.2) is 29.2 Å². The van der Waals surface area contributed by atoms with Crippen LogP contribution in [0.4, 0.5) is 0 Å². The van der Waals surface area contributed by atoms with Crippen LogP contribution >= 0.6 is 15.9 Å². The van der Waals surface area contributed by atoms with Gasteiger partial charge in [0.15, 0.2) is 0 Å². The Balaban J connectivity index is 2.20. The largest absolute Gasteiger partial charge is 0.335 e. The number of ketones is 1. The van der Waals surface area contributed by atoms with Crippen LogP contribution in [0.1, 0.15) is 42.1 Å². The Morgan fingerprint density at radius 2 is 2.11 bits per heavy atom. The molecule has 1 aromatic carbocycles. The fraction of sp³-hybridized carbons (Fsp3) is 0.467. The summed E-state index contributed by atoms with van der Waals surface area (Å²) >= 11 is 3.42. The highest BCUT2D eigenvalue weighted by Gasteiger charge is 2.30. The van der Waals surface area contributed by atoms with Crippen molar-refractivity contribution in [3.63, 3.8) is 0 Å². The lowest BCUT2D eigenvalue weighted by Gasteiger charge is -2.24. The number of carbonyl (C=O) groups excluding carboxylic acids is 2. The summed E-state index contributed by atoms with van der Waals surface area (Å²) in [6.07, 6.45) is 2.38. The number of carbonyl (C=O) groups is 2. The summed E-state index contributed by atoms with van der Waals surface area (Å²) in [6.45, 7) is 4.31. The molecule has 1 heterocycles. The van der Waals surface area contributed by atoms with Gasteiger partial charge in [0.25, 0.3) is 5.91 Å². The Morgan fingerprint density at radius 3 is 2.74 bits per heavy atom. The number of hydrogen-bond donors (Lipinski definition) is 0. The smallest absolute Gasteiger partial charge is 0.254 e. The van der Waals surface area contributed by atoms with Crippen molar-refractivity contribution in [2.75, 3.05) is 6.54 Å². The minimum absolute atomic E-state index is 0.0353. The first-order chi connectivity index (χ1) is 8.97. The van der Waals surface area contributed by atoms with E-state index >= 15 is 0 Å². The van der Waals surface area contributed by atoms with Gasteiger partial charge in [-0.15, -0.1) is 0 Å². The van der Waals surface area contributed by atoms with E-state index in [0.717, 1.165) is 29.4 Å². The number of amides is 1. The van der Waals surface area contributed by atoms with Crippen molar-refractivity contribution in [3.05, 3.63) is 33.8 Å². The minimum atomic E-state index is 0.0353. The molecule has 19 heavy (non-hydrogen) atoms. The molecule has 1 atom stereocenters. The zero-order valence-electron chi connectivity index (χ0n) is 11.3. The maximum Gasteiger partial charge on any atom is 0.254 e. The van der Waals surface area contributed by atoms with Crippen molar-refractivity contribution >= 4 is 27.6 Å². The first-order valence-electron chi connectivity index (χ1n) is 6.55. The number of hydrogen-bond acceptors (Lipinski definition) is 2. The second-order valence-corrected chi connectivity index (χ2v) is 6.13. The van der Waals surface area contributed by atoms with Gasteiger partial charge in [-0.3, -0.25) is 9.59 Å². The van der Waals surface area contributed by atoms with Gasteiger partial charge in [-0.25, -0.2) is 0 Å². The summed E-state index contributed by atoms with van der Waals surface area (Å²) in [7, 11) is 0. The number of aryl methyl sites for hydroxylation is 1. The zero-order chi connectivity index (χ0) is 14.0. The lowest BCUT2D eigenvalue weighted by atomic mass is 10.1. The van der Waals surface area contributed by atoms with Crippen molar-refractivity contribution in [2.45, 2.75) is 39.2 Å². The summed E-state index contributed by atoms with van der Waals surface area (Å²) < 4.78 is 0.915. The van der Waals surface area contributed by atoms with Crippen molar-refractivity contribution in [3.8, 4) is 0 Å². The number of halogens is 1. The highest BCUT2D eigenvalue weighted by atomic mass is 79.9. The molecule has 0 aliphatic carbocycles. The van der Waals surface area contributed by atoms with Crippen LogP contribution in [0.3, 0.4) is 0 Å². The molecule has 1 aliphatic rings. The Morgan fingerprint density at radius 1 is 1.37 bits per heavy atom. The van der Waals surface area contributed by atoms with E-state index < -0.39 is 0 Å². The highest BCUT2D eigenvalue weighted by Crippen LogP contribution is 2.24. The standard InChI is InChI=1S/C15H18BrNO2/c1-10-6-12(9-13(16)7-10)15(19)17-5-3-4-14(17)8-11(2)18/h6-7,9,14H,3-5,8H2,1-2H3. The fourth-order valence-corrected chi connectivity index (χ4v) is 3.28. The quantitative estimate of drug-likeness (QED) is 0.855. The number of likely N-dealkylation sites (tertiary alicyclic amines) is 1. The molecule has 1 aromatic rings. The van der Waals surface area contributed by atoms with Crippen LogP contribution in [-0.2, 0) is 4.79 Å². The summed E-state index contributed by atoms with van der Waals surface area (Å²) in [6, 6.07) is 5.80. The van der Waals surface area contributed by atoms with Gasteiger partial charge < -0.3 is 4.90 Å². The SMILES string of the molecule is CC(=O)CC1CCCN1C(=O)c1cc(C)cc(Br)c1. The average Bonchev–Trinajstić information content (AvgIpc) is 2.73. The van der Waals surface area contributed by atoms with Crippen molar-refractivity contribution in [1.82, 2.24) is 4.90 Å². The predicted octanol–water partition coefficient (Wildman–Crippen LogP) is 3.34. The molecule has 0 aromatic heterocycles.